The van der Waals surface area contributed by atoms with Crippen LogP contribution in [-0.4, -0.2) is 35.2 Å². The smallest absolute Gasteiger partial charge is 0.0601 e. The van der Waals surface area contributed by atoms with E-state index in [9.17, 15) is 0 Å². The number of aromatic nitrogens is 1. The minimum absolute atomic E-state index is 0.484. The van der Waals surface area contributed by atoms with E-state index in [0.29, 0.717) is 6.10 Å². The van der Waals surface area contributed by atoms with Gasteiger partial charge in [-0.1, -0.05) is 6.07 Å². The number of fused-ring (bicyclic) bond motifs is 2. The average molecular weight is 232 g/mol. The molecular weight excluding hydrogens is 212 g/mol. The molecule has 1 aromatic heterocycles. The Labute approximate surface area is 103 Å². The molecular formula is C14H20N2O. The highest BCUT2D eigenvalue weighted by atomic mass is 16.5. The number of hydrogen-bond acceptors (Lipinski definition) is 3. The summed E-state index contributed by atoms with van der Waals surface area (Å²) in [5.74, 6) is 0. The second-order valence-corrected chi connectivity index (χ2v) is 5.25. The molecule has 2 aliphatic heterocycles. The van der Waals surface area contributed by atoms with Crippen molar-refractivity contribution in [3.63, 3.8) is 0 Å². The monoisotopic (exact) mass is 232 g/mol. The van der Waals surface area contributed by atoms with Gasteiger partial charge in [0.25, 0.3) is 0 Å². The molecule has 2 saturated heterocycles. The van der Waals surface area contributed by atoms with E-state index in [4.69, 9.17) is 4.74 Å². The van der Waals surface area contributed by atoms with Crippen molar-refractivity contribution in [2.24, 2.45) is 0 Å². The van der Waals surface area contributed by atoms with E-state index in [1.807, 2.05) is 25.6 Å². The SMILES string of the molecule is COC1CC2CCC(C1)N2Cc1cccnc1. The zero-order chi connectivity index (χ0) is 11.7. The first kappa shape index (κ1) is 11.2. The highest BCUT2D eigenvalue weighted by molar-refractivity contribution is 5.10. The van der Waals surface area contributed by atoms with Gasteiger partial charge in [-0.3, -0.25) is 9.88 Å². The van der Waals surface area contributed by atoms with Gasteiger partial charge in [0.2, 0.25) is 0 Å². The Morgan fingerprint density at radius 3 is 2.71 bits per heavy atom. The highest BCUT2D eigenvalue weighted by Crippen LogP contribution is 2.37. The van der Waals surface area contributed by atoms with Crippen LogP contribution in [0.15, 0.2) is 24.5 Å². The molecule has 3 rings (SSSR count). The molecule has 2 bridgehead atoms. The lowest BCUT2D eigenvalue weighted by Crippen LogP contribution is -2.44. The predicted octanol–water partition coefficient (Wildman–Crippen LogP) is 2.22. The Balaban J connectivity index is 1.69. The number of ether oxygens (including phenoxy) is 1. The number of rotatable bonds is 3. The quantitative estimate of drug-likeness (QED) is 0.799. The van der Waals surface area contributed by atoms with Crippen molar-refractivity contribution in [3.05, 3.63) is 30.1 Å². The second-order valence-electron chi connectivity index (χ2n) is 5.25. The summed E-state index contributed by atoms with van der Waals surface area (Å²) < 4.78 is 5.53. The van der Waals surface area contributed by atoms with Gasteiger partial charge < -0.3 is 4.74 Å². The second kappa shape index (κ2) is 4.75. The Morgan fingerprint density at radius 2 is 2.12 bits per heavy atom. The van der Waals surface area contributed by atoms with E-state index >= 15 is 0 Å². The molecule has 0 saturated carbocycles. The van der Waals surface area contributed by atoms with Crippen molar-refractivity contribution in [1.29, 1.82) is 0 Å². The molecule has 2 fully saturated rings. The lowest BCUT2D eigenvalue weighted by molar-refractivity contribution is 0.00249. The van der Waals surface area contributed by atoms with Crippen molar-refractivity contribution in [2.75, 3.05) is 7.11 Å². The first-order chi connectivity index (χ1) is 8.36. The molecule has 0 aliphatic carbocycles. The fraction of sp³-hybridized carbons (Fsp3) is 0.643. The summed E-state index contributed by atoms with van der Waals surface area (Å²) in [7, 11) is 1.85. The summed E-state index contributed by atoms with van der Waals surface area (Å²) in [6.07, 6.45) is 9.39. The molecule has 0 N–H and O–H groups in total. The number of hydrogen-bond donors (Lipinski definition) is 0. The van der Waals surface area contributed by atoms with Crippen LogP contribution in [0.25, 0.3) is 0 Å². The van der Waals surface area contributed by atoms with Crippen LogP contribution in [0, 0.1) is 0 Å². The van der Waals surface area contributed by atoms with Gasteiger partial charge in [0, 0.05) is 38.1 Å². The van der Waals surface area contributed by atoms with E-state index in [-0.39, 0.29) is 0 Å². The summed E-state index contributed by atoms with van der Waals surface area (Å²) in [4.78, 5) is 6.86. The van der Waals surface area contributed by atoms with Gasteiger partial charge in [-0.15, -0.1) is 0 Å². The molecule has 1 aromatic rings. The molecule has 0 radical (unpaired) electrons. The number of pyridine rings is 1. The van der Waals surface area contributed by atoms with E-state index in [2.05, 4.69) is 16.0 Å². The van der Waals surface area contributed by atoms with Crippen molar-refractivity contribution in [3.8, 4) is 0 Å². The topological polar surface area (TPSA) is 25.4 Å². The lowest BCUT2D eigenvalue weighted by Gasteiger charge is -2.38. The number of methoxy groups -OCH3 is 1. The molecule has 2 aliphatic rings. The van der Waals surface area contributed by atoms with Crippen LogP contribution in [0.1, 0.15) is 31.2 Å². The van der Waals surface area contributed by atoms with Crippen LogP contribution in [0.5, 0.6) is 0 Å². The molecule has 0 amide bonds. The summed E-state index contributed by atoms with van der Waals surface area (Å²) in [5.41, 5.74) is 1.33. The summed E-state index contributed by atoms with van der Waals surface area (Å²) in [6, 6.07) is 5.64. The van der Waals surface area contributed by atoms with E-state index in [1.54, 1.807) is 0 Å². The van der Waals surface area contributed by atoms with Crippen LogP contribution in [0.2, 0.25) is 0 Å². The third-order valence-corrected chi connectivity index (χ3v) is 4.26. The first-order valence-electron chi connectivity index (χ1n) is 6.54. The van der Waals surface area contributed by atoms with E-state index in [1.165, 1.54) is 31.2 Å². The van der Waals surface area contributed by atoms with Crippen molar-refractivity contribution < 1.29 is 4.74 Å². The molecule has 0 spiro atoms. The fourth-order valence-electron chi connectivity index (χ4n) is 3.38. The van der Waals surface area contributed by atoms with Gasteiger partial charge in [0.15, 0.2) is 0 Å². The van der Waals surface area contributed by atoms with Crippen LogP contribution in [0.4, 0.5) is 0 Å². The van der Waals surface area contributed by atoms with Gasteiger partial charge in [0.1, 0.15) is 0 Å². The van der Waals surface area contributed by atoms with Crippen molar-refractivity contribution >= 4 is 0 Å². The molecule has 3 nitrogen and oxygen atoms in total. The average Bonchev–Trinajstić information content (AvgIpc) is 2.63. The number of nitrogens with zero attached hydrogens (tertiary/aromatic N) is 2. The van der Waals surface area contributed by atoms with Gasteiger partial charge in [0.05, 0.1) is 6.10 Å². The summed E-state index contributed by atoms with van der Waals surface area (Å²) in [6.45, 7) is 1.06. The van der Waals surface area contributed by atoms with Crippen LogP contribution in [-0.2, 0) is 11.3 Å². The first-order valence-corrected chi connectivity index (χ1v) is 6.54. The Kier molecular flexibility index (Phi) is 3.12. The Hall–Kier alpha value is -0.930. The molecule has 17 heavy (non-hydrogen) atoms. The summed E-state index contributed by atoms with van der Waals surface area (Å²) >= 11 is 0. The molecule has 92 valence electrons. The van der Waals surface area contributed by atoms with E-state index in [0.717, 1.165) is 18.6 Å². The molecule has 2 unspecified atom stereocenters. The van der Waals surface area contributed by atoms with Gasteiger partial charge in [-0.2, -0.15) is 0 Å². The van der Waals surface area contributed by atoms with Crippen LogP contribution in [0.3, 0.4) is 0 Å². The Morgan fingerprint density at radius 1 is 1.35 bits per heavy atom. The zero-order valence-electron chi connectivity index (χ0n) is 10.4. The van der Waals surface area contributed by atoms with Crippen LogP contribution >= 0.6 is 0 Å². The van der Waals surface area contributed by atoms with Gasteiger partial charge >= 0.3 is 0 Å². The third kappa shape index (κ3) is 2.22. The molecule has 2 atom stereocenters. The van der Waals surface area contributed by atoms with Crippen molar-refractivity contribution in [2.45, 2.75) is 50.4 Å². The minimum Gasteiger partial charge on any atom is -0.381 e. The molecule has 3 heterocycles. The predicted molar refractivity (Wildman–Crippen MR) is 66.6 cm³/mol. The fourth-order valence-corrected chi connectivity index (χ4v) is 3.38. The third-order valence-electron chi connectivity index (χ3n) is 4.26. The van der Waals surface area contributed by atoms with E-state index < -0.39 is 0 Å². The maximum atomic E-state index is 5.53. The molecule has 3 heteroatoms. The van der Waals surface area contributed by atoms with Gasteiger partial charge in [-0.25, -0.2) is 0 Å². The normalized spacial score (nSPS) is 32.9. The van der Waals surface area contributed by atoms with Gasteiger partial charge in [-0.05, 0) is 37.3 Å². The van der Waals surface area contributed by atoms with Crippen molar-refractivity contribution in [1.82, 2.24) is 9.88 Å². The Bertz CT molecular complexity index is 354. The lowest BCUT2D eigenvalue weighted by atomic mass is 9.99. The maximum Gasteiger partial charge on any atom is 0.0601 e. The highest BCUT2D eigenvalue weighted by Gasteiger charge is 2.40. The molecule has 0 aromatic carbocycles. The summed E-state index contributed by atoms with van der Waals surface area (Å²) in [5, 5.41) is 0. The standard InChI is InChI=1S/C14H20N2O/c1-17-14-7-12-4-5-13(8-14)16(12)10-11-3-2-6-15-9-11/h2-3,6,9,12-14H,4-5,7-8,10H2,1H3. The zero-order valence-corrected chi connectivity index (χ0v) is 10.4. The largest absolute Gasteiger partial charge is 0.381 e. The number of piperidine rings is 1. The maximum absolute atomic E-state index is 5.53. The minimum atomic E-state index is 0.484. The van der Waals surface area contributed by atoms with Crippen LogP contribution < -0.4 is 0 Å².